The van der Waals surface area contributed by atoms with Crippen LogP contribution in [-0.4, -0.2) is 57.0 Å². The van der Waals surface area contributed by atoms with Crippen LogP contribution in [0.15, 0.2) is 36.4 Å². The molecule has 1 radical (unpaired) electrons. The molecular formula is C31H42N3O4SSi. The Bertz CT molecular complexity index is 1450. The summed E-state index contributed by atoms with van der Waals surface area (Å²) < 4.78 is 33.3. The molecule has 7 nitrogen and oxygen atoms in total. The molecule has 40 heavy (non-hydrogen) atoms. The number of benzene rings is 2. The quantitative estimate of drug-likeness (QED) is 0.481. The van der Waals surface area contributed by atoms with Crippen LogP contribution in [0.25, 0.3) is 0 Å². The summed E-state index contributed by atoms with van der Waals surface area (Å²) in [7, 11) is -4.55. The second-order valence-electron chi connectivity index (χ2n) is 13.5. The zero-order chi connectivity index (χ0) is 29.1. The van der Waals surface area contributed by atoms with Crippen molar-refractivity contribution in [3.8, 4) is 11.8 Å². The van der Waals surface area contributed by atoms with Gasteiger partial charge in [-0.25, -0.2) is 8.42 Å². The summed E-state index contributed by atoms with van der Waals surface area (Å²) in [6.07, 6.45) is 6.11. The van der Waals surface area contributed by atoms with Crippen LogP contribution in [0, 0.1) is 16.7 Å². The van der Waals surface area contributed by atoms with Gasteiger partial charge in [-0.2, -0.15) is 5.26 Å². The van der Waals surface area contributed by atoms with Crippen molar-refractivity contribution in [1.82, 2.24) is 4.90 Å². The van der Waals surface area contributed by atoms with Gasteiger partial charge in [0, 0.05) is 31.1 Å². The summed E-state index contributed by atoms with van der Waals surface area (Å²) in [5.41, 5.74) is 4.27. The monoisotopic (exact) mass is 580 g/mol. The van der Waals surface area contributed by atoms with Gasteiger partial charge >= 0.3 is 0 Å². The van der Waals surface area contributed by atoms with Crippen molar-refractivity contribution in [2.24, 2.45) is 5.41 Å². The largest absolute Gasteiger partial charge is 0.487 e. The molecule has 4 atom stereocenters. The number of likely N-dealkylation sites (tertiary alicyclic amines) is 1. The van der Waals surface area contributed by atoms with E-state index in [9.17, 15) is 18.8 Å². The molecule has 0 saturated carbocycles. The van der Waals surface area contributed by atoms with E-state index in [-0.39, 0.29) is 17.4 Å². The summed E-state index contributed by atoms with van der Waals surface area (Å²) >= 11 is 0. The lowest BCUT2D eigenvalue weighted by Gasteiger charge is -2.58. The lowest BCUT2D eigenvalue weighted by atomic mass is 9.67. The fourth-order valence-electron chi connectivity index (χ4n) is 7.15. The molecule has 5 rings (SSSR count). The van der Waals surface area contributed by atoms with Crippen molar-refractivity contribution >= 4 is 24.5 Å². The van der Waals surface area contributed by atoms with E-state index in [1.54, 1.807) is 6.07 Å². The number of nitrogens with zero attached hydrogens (tertiary/aromatic N) is 2. The average Bonchev–Trinajstić information content (AvgIpc) is 2.86. The number of piperidine rings is 1. The van der Waals surface area contributed by atoms with Crippen molar-refractivity contribution in [2.75, 3.05) is 17.5 Å². The molecule has 0 amide bonds. The predicted molar refractivity (Wildman–Crippen MR) is 160 cm³/mol. The molecule has 1 aliphatic carbocycles. The molecule has 1 fully saturated rings. The van der Waals surface area contributed by atoms with Crippen LogP contribution in [0.1, 0.15) is 74.6 Å². The predicted octanol–water partition coefficient (Wildman–Crippen LogP) is 5.22. The first-order chi connectivity index (χ1) is 18.6. The smallest absolute Gasteiger partial charge is 0.229 e. The van der Waals surface area contributed by atoms with Crippen LogP contribution in [-0.2, 0) is 22.9 Å². The Labute approximate surface area is 241 Å². The highest BCUT2D eigenvalue weighted by Crippen LogP contribution is 2.54. The molecule has 2 aromatic carbocycles. The zero-order valence-electron chi connectivity index (χ0n) is 24.5. The van der Waals surface area contributed by atoms with Gasteiger partial charge in [-0.1, -0.05) is 39.9 Å². The molecule has 0 aromatic heterocycles. The molecule has 2 aromatic rings. The van der Waals surface area contributed by atoms with E-state index in [1.807, 2.05) is 24.3 Å². The molecule has 0 bridgehead atoms. The maximum Gasteiger partial charge on any atom is 0.229 e. The average molecular weight is 581 g/mol. The van der Waals surface area contributed by atoms with Gasteiger partial charge in [0.1, 0.15) is 25.5 Å². The minimum atomic E-state index is -3.39. The molecule has 2 aliphatic heterocycles. The Morgan fingerprint density at radius 3 is 2.58 bits per heavy atom. The highest BCUT2D eigenvalue weighted by atomic mass is 32.2. The molecular weight excluding hydrogens is 539 g/mol. The van der Waals surface area contributed by atoms with Gasteiger partial charge in [0.25, 0.3) is 0 Å². The van der Waals surface area contributed by atoms with Gasteiger partial charge in [-0.3, -0.25) is 9.62 Å². The third-order valence-electron chi connectivity index (χ3n) is 9.27. The number of aliphatic hydroxyl groups is 1. The molecule has 2 heterocycles. The van der Waals surface area contributed by atoms with Crippen molar-refractivity contribution in [3.05, 3.63) is 58.7 Å². The van der Waals surface area contributed by atoms with E-state index in [0.717, 1.165) is 56.2 Å². The number of rotatable bonds is 4. The van der Waals surface area contributed by atoms with Crippen molar-refractivity contribution in [3.63, 3.8) is 0 Å². The molecule has 3 aliphatic rings. The molecule has 2 unspecified atom stereocenters. The van der Waals surface area contributed by atoms with Crippen molar-refractivity contribution in [1.29, 1.82) is 5.26 Å². The summed E-state index contributed by atoms with van der Waals surface area (Å²) in [4.78, 5) is 2.39. The SMILES string of the molecule is C[Si](C)C1(O)CC2(CCN1[C@@H]1CCc3cc(C#N)ccc3C1)C[C@H](C(C)(C)C)c1cc(NS(C)(=O)=O)ccc1O2. The number of ether oxygens (including phenoxy) is 1. The first kappa shape index (κ1) is 29.1. The van der Waals surface area contributed by atoms with Crippen LogP contribution in [0.3, 0.4) is 0 Å². The van der Waals surface area contributed by atoms with Crippen molar-refractivity contribution in [2.45, 2.75) is 95.3 Å². The van der Waals surface area contributed by atoms with E-state index in [4.69, 9.17) is 4.74 Å². The first-order valence-corrected chi connectivity index (χ1v) is 18.6. The van der Waals surface area contributed by atoms with Gasteiger partial charge in [0.2, 0.25) is 10.0 Å². The fourth-order valence-corrected chi connectivity index (χ4v) is 9.25. The number of hydrogen-bond acceptors (Lipinski definition) is 6. The minimum absolute atomic E-state index is 0.0773. The van der Waals surface area contributed by atoms with Crippen LogP contribution >= 0.6 is 0 Å². The highest BCUT2D eigenvalue weighted by molar-refractivity contribution is 7.92. The van der Waals surface area contributed by atoms with E-state index in [2.05, 4.69) is 55.6 Å². The van der Waals surface area contributed by atoms with Crippen LogP contribution < -0.4 is 9.46 Å². The number of nitrogens with one attached hydrogen (secondary N) is 1. The maximum atomic E-state index is 12.5. The third kappa shape index (κ3) is 5.56. The Morgan fingerprint density at radius 2 is 1.93 bits per heavy atom. The molecule has 2 N–H and O–H groups in total. The molecule has 1 saturated heterocycles. The van der Waals surface area contributed by atoms with Gasteiger partial charge in [-0.05, 0) is 84.0 Å². The van der Waals surface area contributed by atoms with Gasteiger partial charge in [0.15, 0.2) is 0 Å². The first-order valence-electron chi connectivity index (χ1n) is 14.2. The Hall–Kier alpha value is -2.38. The van der Waals surface area contributed by atoms with Crippen LogP contribution in [0.5, 0.6) is 5.75 Å². The molecule has 9 heteroatoms. The fraction of sp³-hybridized carbons (Fsp3) is 0.581. The standard InChI is InChI=1S/C31H42N3O4SSi/c1-29(2,3)27-18-30(38-28-12-10-24(17-26(27)28)33-39(4,36)37)13-14-34(31(35,20-30)40(5)6)25-11-9-22-15-21(19-32)7-8-23(22)16-25/h7-8,10,12,15,17,25,27,33,35H,9,11,13-14,16,18,20H2,1-6H3/t25-,27+,30?,31?/m1/s1. The second-order valence-corrected chi connectivity index (χ2v) is 18.0. The van der Waals surface area contributed by atoms with E-state index in [0.29, 0.717) is 17.7 Å². The van der Waals surface area contributed by atoms with E-state index < -0.39 is 29.8 Å². The molecule has 1 spiro atoms. The number of aryl methyl sites for hydroxylation is 1. The Balaban J connectivity index is 1.45. The van der Waals surface area contributed by atoms with Crippen LogP contribution in [0.2, 0.25) is 13.1 Å². The number of hydrogen-bond donors (Lipinski definition) is 2. The summed E-state index contributed by atoms with van der Waals surface area (Å²) in [5.74, 6) is 0.940. The van der Waals surface area contributed by atoms with Gasteiger partial charge in [-0.15, -0.1) is 0 Å². The number of nitriles is 1. The topological polar surface area (TPSA) is 103 Å². The number of fused-ring (bicyclic) bond motifs is 2. The maximum absolute atomic E-state index is 12.5. The van der Waals surface area contributed by atoms with E-state index in [1.165, 1.54) is 11.1 Å². The van der Waals surface area contributed by atoms with Gasteiger partial charge in [0.05, 0.1) is 17.9 Å². The van der Waals surface area contributed by atoms with Crippen LogP contribution in [0.4, 0.5) is 5.69 Å². The summed E-state index contributed by atoms with van der Waals surface area (Å²) in [6.45, 7) is 11.9. The molecule has 215 valence electrons. The summed E-state index contributed by atoms with van der Waals surface area (Å²) in [6, 6.07) is 14.1. The number of sulfonamides is 1. The number of anilines is 1. The lowest BCUT2D eigenvalue weighted by molar-refractivity contribution is -0.162. The Morgan fingerprint density at radius 1 is 1.18 bits per heavy atom. The summed E-state index contributed by atoms with van der Waals surface area (Å²) in [5, 5.41) is 20.9. The highest BCUT2D eigenvalue weighted by Gasteiger charge is 2.56. The zero-order valence-corrected chi connectivity index (χ0v) is 26.4. The minimum Gasteiger partial charge on any atom is -0.487 e. The second kappa shape index (κ2) is 10.2. The van der Waals surface area contributed by atoms with Gasteiger partial charge < -0.3 is 9.84 Å². The Kier molecular flexibility index (Phi) is 7.40. The van der Waals surface area contributed by atoms with Crippen molar-refractivity contribution < 1.29 is 18.3 Å². The lowest BCUT2D eigenvalue weighted by Crippen LogP contribution is -2.69. The normalized spacial score (nSPS) is 28.9. The van der Waals surface area contributed by atoms with E-state index >= 15 is 0 Å². The third-order valence-corrected chi connectivity index (χ3v) is 11.9.